The number of nitrogens with zero attached hydrogens (tertiary/aromatic N) is 1. The standard InChI is InChI=1S/C15H19ClN2O3/c1-9(2)8-21-15(20)10(3)18-13-5-4-11(16)6-12(13)17-7-14(18)19/h4-6,9-10,17H,7-8H2,1-3H3. The van der Waals surface area contributed by atoms with Crippen LogP contribution < -0.4 is 10.2 Å². The highest BCUT2D eigenvalue weighted by Gasteiger charge is 2.32. The van der Waals surface area contributed by atoms with E-state index in [9.17, 15) is 9.59 Å². The third-order valence-corrected chi connectivity index (χ3v) is 3.44. The third-order valence-electron chi connectivity index (χ3n) is 3.20. The van der Waals surface area contributed by atoms with Gasteiger partial charge in [0.25, 0.3) is 0 Å². The van der Waals surface area contributed by atoms with E-state index in [1.807, 2.05) is 13.8 Å². The van der Waals surface area contributed by atoms with Gasteiger partial charge in [-0.05, 0) is 31.0 Å². The van der Waals surface area contributed by atoms with E-state index in [1.54, 1.807) is 25.1 Å². The van der Waals surface area contributed by atoms with Gasteiger partial charge in [0.2, 0.25) is 5.91 Å². The first-order chi connectivity index (χ1) is 9.90. The summed E-state index contributed by atoms with van der Waals surface area (Å²) < 4.78 is 5.23. The number of hydrogen-bond acceptors (Lipinski definition) is 4. The minimum atomic E-state index is -0.668. The van der Waals surface area contributed by atoms with Gasteiger partial charge in [0.05, 0.1) is 24.5 Å². The lowest BCUT2D eigenvalue weighted by Gasteiger charge is -2.33. The second kappa shape index (κ2) is 6.35. The largest absolute Gasteiger partial charge is 0.464 e. The van der Waals surface area contributed by atoms with Gasteiger partial charge < -0.3 is 10.1 Å². The van der Waals surface area contributed by atoms with E-state index in [0.29, 0.717) is 17.3 Å². The van der Waals surface area contributed by atoms with Crippen molar-refractivity contribution in [2.75, 3.05) is 23.4 Å². The lowest BCUT2D eigenvalue weighted by molar-refractivity contribution is -0.146. The zero-order valence-corrected chi connectivity index (χ0v) is 13.1. The molecule has 0 aliphatic carbocycles. The van der Waals surface area contributed by atoms with E-state index in [-0.39, 0.29) is 18.4 Å². The molecular formula is C15H19ClN2O3. The molecule has 1 aliphatic rings. The van der Waals surface area contributed by atoms with Gasteiger partial charge in [-0.2, -0.15) is 0 Å². The predicted molar refractivity (Wildman–Crippen MR) is 82.7 cm³/mol. The summed E-state index contributed by atoms with van der Waals surface area (Å²) in [7, 11) is 0. The Bertz CT molecular complexity index is 560. The van der Waals surface area contributed by atoms with Gasteiger partial charge in [-0.15, -0.1) is 0 Å². The Morgan fingerprint density at radius 3 is 2.81 bits per heavy atom. The van der Waals surface area contributed by atoms with Gasteiger partial charge in [-0.1, -0.05) is 25.4 Å². The Hall–Kier alpha value is -1.75. The summed E-state index contributed by atoms with van der Waals surface area (Å²) in [5.41, 5.74) is 1.38. The first kappa shape index (κ1) is 15.6. The van der Waals surface area contributed by atoms with Crippen molar-refractivity contribution in [1.82, 2.24) is 0 Å². The van der Waals surface area contributed by atoms with E-state index >= 15 is 0 Å². The smallest absolute Gasteiger partial charge is 0.328 e. The van der Waals surface area contributed by atoms with Crippen molar-refractivity contribution in [3.63, 3.8) is 0 Å². The Balaban J connectivity index is 2.22. The number of ether oxygens (including phenoxy) is 1. The van der Waals surface area contributed by atoms with E-state index in [2.05, 4.69) is 5.32 Å². The molecule has 0 fully saturated rings. The summed E-state index contributed by atoms with van der Waals surface area (Å²) in [6, 6.07) is 4.49. The second-order valence-electron chi connectivity index (χ2n) is 5.48. The number of benzene rings is 1. The molecule has 21 heavy (non-hydrogen) atoms. The normalized spacial score (nSPS) is 15.5. The maximum atomic E-state index is 12.1. The molecule has 0 saturated carbocycles. The molecule has 1 aromatic carbocycles. The number of hydrogen-bond donors (Lipinski definition) is 1. The zero-order chi connectivity index (χ0) is 15.6. The molecule has 1 unspecified atom stereocenters. The molecule has 1 heterocycles. The number of carbonyl (C=O) groups excluding carboxylic acids is 2. The SMILES string of the molecule is CC(C)COC(=O)C(C)N1C(=O)CNc2cc(Cl)ccc21. The summed E-state index contributed by atoms with van der Waals surface area (Å²) in [6.45, 7) is 6.08. The van der Waals surface area contributed by atoms with Crippen molar-refractivity contribution in [2.45, 2.75) is 26.8 Å². The van der Waals surface area contributed by atoms with Gasteiger partial charge in [0.15, 0.2) is 0 Å². The van der Waals surface area contributed by atoms with Crippen LogP contribution in [-0.2, 0) is 14.3 Å². The first-order valence-electron chi connectivity index (χ1n) is 6.92. The molecule has 2 rings (SSSR count). The second-order valence-corrected chi connectivity index (χ2v) is 5.92. The fourth-order valence-electron chi connectivity index (χ4n) is 2.15. The summed E-state index contributed by atoms with van der Waals surface area (Å²) in [4.78, 5) is 25.7. The van der Waals surface area contributed by atoms with Crippen molar-refractivity contribution >= 4 is 34.9 Å². The van der Waals surface area contributed by atoms with Crippen LogP contribution in [0, 0.1) is 5.92 Å². The fraction of sp³-hybridized carbons (Fsp3) is 0.467. The van der Waals surface area contributed by atoms with Crippen LogP contribution in [-0.4, -0.2) is 31.1 Å². The van der Waals surface area contributed by atoms with Crippen molar-refractivity contribution in [3.8, 4) is 0 Å². The molecule has 0 saturated heterocycles. The Morgan fingerprint density at radius 1 is 1.43 bits per heavy atom. The molecule has 1 aliphatic heterocycles. The molecule has 114 valence electrons. The van der Waals surface area contributed by atoms with E-state index in [0.717, 1.165) is 5.69 Å². The molecular weight excluding hydrogens is 292 g/mol. The van der Waals surface area contributed by atoms with E-state index < -0.39 is 12.0 Å². The number of anilines is 2. The van der Waals surface area contributed by atoms with E-state index in [1.165, 1.54) is 4.90 Å². The van der Waals surface area contributed by atoms with Crippen molar-refractivity contribution in [3.05, 3.63) is 23.2 Å². The highest BCUT2D eigenvalue weighted by Crippen LogP contribution is 2.33. The highest BCUT2D eigenvalue weighted by atomic mass is 35.5. The average molecular weight is 311 g/mol. The minimum Gasteiger partial charge on any atom is -0.464 e. The van der Waals surface area contributed by atoms with Crippen LogP contribution >= 0.6 is 11.6 Å². The van der Waals surface area contributed by atoms with Crippen LogP contribution in [0.5, 0.6) is 0 Å². The Morgan fingerprint density at radius 2 is 2.14 bits per heavy atom. The maximum absolute atomic E-state index is 12.1. The zero-order valence-electron chi connectivity index (χ0n) is 12.4. The minimum absolute atomic E-state index is 0.134. The van der Waals surface area contributed by atoms with Crippen LogP contribution in [0.3, 0.4) is 0 Å². The number of amides is 1. The molecule has 6 heteroatoms. The van der Waals surface area contributed by atoms with Crippen LogP contribution in [0.4, 0.5) is 11.4 Å². The van der Waals surface area contributed by atoms with Gasteiger partial charge in [0.1, 0.15) is 6.04 Å². The highest BCUT2D eigenvalue weighted by molar-refractivity contribution is 6.31. The van der Waals surface area contributed by atoms with Gasteiger partial charge >= 0.3 is 5.97 Å². The molecule has 0 radical (unpaired) electrons. The maximum Gasteiger partial charge on any atom is 0.328 e. The quantitative estimate of drug-likeness (QED) is 0.869. The first-order valence-corrected chi connectivity index (χ1v) is 7.30. The lowest BCUT2D eigenvalue weighted by atomic mass is 10.1. The molecule has 1 aromatic rings. The number of esters is 1. The molecule has 5 nitrogen and oxygen atoms in total. The van der Waals surface area contributed by atoms with Crippen molar-refractivity contribution < 1.29 is 14.3 Å². The van der Waals surface area contributed by atoms with Crippen LogP contribution in [0.2, 0.25) is 5.02 Å². The van der Waals surface area contributed by atoms with Gasteiger partial charge in [-0.3, -0.25) is 9.69 Å². The van der Waals surface area contributed by atoms with Crippen LogP contribution in [0.1, 0.15) is 20.8 Å². The molecule has 1 atom stereocenters. The monoisotopic (exact) mass is 310 g/mol. The molecule has 0 aromatic heterocycles. The lowest BCUT2D eigenvalue weighted by Crippen LogP contribution is -2.49. The third kappa shape index (κ3) is 3.47. The van der Waals surface area contributed by atoms with E-state index in [4.69, 9.17) is 16.3 Å². The molecule has 0 bridgehead atoms. The van der Waals surface area contributed by atoms with Crippen molar-refractivity contribution in [2.24, 2.45) is 5.92 Å². The average Bonchev–Trinajstić information content (AvgIpc) is 2.44. The van der Waals surface area contributed by atoms with Gasteiger partial charge in [-0.25, -0.2) is 4.79 Å². The molecule has 0 spiro atoms. The van der Waals surface area contributed by atoms with Crippen molar-refractivity contribution in [1.29, 1.82) is 0 Å². The summed E-state index contributed by atoms with van der Waals surface area (Å²) in [5.74, 6) is -0.315. The summed E-state index contributed by atoms with van der Waals surface area (Å²) in [5, 5.41) is 3.57. The summed E-state index contributed by atoms with van der Waals surface area (Å²) in [6.07, 6.45) is 0. The number of halogens is 1. The number of fused-ring (bicyclic) bond motifs is 1. The fourth-order valence-corrected chi connectivity index (χ4v) is 2.32. The number of rotatable bonds is 4. The molecule has 1 N–H and O–H groups in total. The predicted octanol–water partition coefficient (Wildman–Crippen LogP) is 2.69. The topological polar surface area (TPSA) is 58.6 Å². The van der Waals surface area contributed by atoms with Crippen LogP contribution in [0.25, 0.3) is 0 Å². The summed E-state index contributed by atoms with van der Waals surface area (Å²) >= 11 is 5.95. The Kier molecular flexibility index (Phi) is 4.73. The Labute approximate surface area is 129 Å². The number of carbonyl (C=O) groups is 2. The van der Waals surface area contributed by atoms with Crippen LogP contribution in [0.15, 0.2) is 18.2 Å². The van der Waals surface area contributed by atoms with Gasteiger partial charge in [0, 0.05) is 5.02 Å². The number of nitrogens with one attached hydrogen (secondary N) is 1. The molecule has 1 amide bonds.